The molecule has 0 aromatic heterocycles. The Morgan fingerprint density at radius 1 is 0.972 bits per heavy atom. The van der Waals surface area contributed by atoms with Gasteiger partial charge < -0.3 is 14.6 Å². The van der Waals surface area contributed by atoms with Gasteiger partial charge in [-0.1, -0.05) is 72.8 Å². The van der Waals surface area contributed by atoms with E-state index in [0.29, 0.717) is 13.2 Å². The largest absolute Gasteiger partial charge is 0.464 e. The van der Waals surface area contributed by atoms with Crippen LogP contribution in [0.3, 0.4) is 0 Å². The van der Waals surface area contributed by atoms with Crippen LogP contribution < -0.4 is 0 Å². The van der Waals surface area contributed by atoms with Crippen LogP contribution in [0, 0.1) is 11.7 Å². The van der Waals surface area contributed by atoms with E-state index in [0.717, 1.165) is 36.1 Å². The van der Waals surface area contributed by atoms with Crippen molar-refractivity contribution >= 4 is 5.97 Å². The van der Waals surface area contributed by atoms with Gasteiger partial charge in [0.2, 0.25) is 0 Å². The highest BCUT2D eigenvalue weighted by atomic mass is 19.1. The summed E-state index contributed by atoms with van der Waals surface area (Å²) < 4.78 is 25.1. The number of carbonyl (C=O) groups excluding carboxylic acids is 1. The first-order chi connectivity index (χ1) is 17.5. The molecule has 1 heterocycles. The van der Waals surface area contributed by atoms with Crippen LogP contribution in [-0.4, -0.2) is 48.4 Å². The quantitative estimate of drug-likeness (QED) is 0.390. The molecule has 1 aliphatic rings. The van der Waals surface area contributed by atoms with Crippen LogP contribution in [0.5, 0.6) is 0 Å². The fourth-order valence-electron chi connectivity index (χ4n) is 4.90. The minimum atomic E-state index is -0.533. The first-order valence-corrected chi connectivity index (χ1v) is 12.5. The zero-order chi connectivity index (χ0) is 25.3. The molecular weight excluding hydrogens is 457 g/mol. The van der Waals surface area contributed by atoms with Gasteiger partial charge in [0.25, 0.3) is 0 Å². The van der Waals surface area contributed by atoms with Gasteiger partial charge in [-0.2, -0.15) is 0 Å². The lowest BCUT2D eigenvalue weighted by molar-refractivity contribution is -0.143. The molecule has 36 heavy (non-hydrogen) atoms. The average molecular weight is 492 g/mol. The number of benzene rings is 3. The van der Waals surface area contributed by atoms with Crippen molar-refractivity contribution in [2.75, 3.05) is 26.3 Å². The molecule has 4 rings (SSSR count). The minimum absolute atomic E-state index is 0.107. The number of nitrogens with zero attached hydrogens (tertiary/aromatic N) is 1. The maximum atomic E-state index is 13.5. The third-order valence-corrected chi connectivity index (χ3v) is 6.87. The molecule has 5 nitrogen and oxygen atoms in total. The maximum Gasteiger partial charge on any atom is 0.302 e. The highest BCUT2D eigenvalue weighted by Crippen LogP contribution is 2.31. The van der Waals surface area contributed by atoms with Gasteiger partial charge in [0.05, 0.1) is 12.1 Å². The summed E-state index contributed by atoms with van der Waals surface area (Å²) in [6.45, 7) is 3.27. The van der Waals surface area contributed by atoms with Gasteiger partial charge in [-0.15, -0.1) is 0 Å². The SMILES string of the molecule is CC(=O)OC[C@H](c1ccc(F)cc1)N1CC[C@H](CCOC(c2ccccc2)c2ccccc2)[C@@H](O)C1. The highest BCUT2D eigenvalue weighted by molar-refractivity contribution is 5.65. The van der Waals surface area contributed by atoms with E-state index in [1.807, 2.05) is 36.4 Å². The van der Waals surface area contributed by atoms with Crippen LogP contribution in [0.2, 0.25) is 0 Å². The fraction of sp³-hybridized carbons (Fsp3) is 0.367. The van der Waals surface area contributed by atoms with E-state index >= 15 is 0 Å². The van der Waals surface area contributed by atoms with Crippen LogP contribution in [0.25, 0.3) is 0 Å². The molecule has 0 amide bonds. The van der Waals surface area contributed by atoms with Gasteiger partial charge in [0.1, 0.15) is 18.5 Å². The van der Waals surface area contributed by atoms with Gasteiger partial charge in [-0.3, -0.25) is 9.69 Å². The van der Waals surface area contributed by atoms with Gasteiger partial charge in [0, 0.05) is 20.1 Å². The Bertz CT molecular complexity index is 1040. The number of β-amino-alcohol motifs (C(OH)–C–C–N with tert-alkyl or cyclic N) is 1. The number of halogens is 1. The normalized spacial score (nSPS) is 19.2. The molecule has 1 saturated heterocycles. The van der Waals surface area contributed by atoms with Crippen molar-refractivity contribution in [3.63, 3.8) is 0 Å². The number of piperidine rings is 1. The third-order valence-electron chi connectivity index (χ3n) is 6.87. The molecule has 1 fully saturated rings. The minimum Gasteiger partial charge on any atom is -0.464 e. The molecule has 190 valence electrons. The van der Waals surface area contributed by atoms with E-state index in [-0.39, 0.29) is 36.5 Å². The molecule has 0 saturated carbocycles. The standard InChI is InChI=1S/C30H34FNO4/c1-22(33)36-21-28(23-12-14-27(31)15-13-23)32-18-16-24(29(34)20-32)17-19-35-30(25-8-4-2-5-9-25)26-10-6-3-7-11-26/h2-15,24,28-30,34H,16-21H2,1H3/t24-,28-,29+/m1/s1. The predicted octanol–water partition coefficient (Wildman–Crippen LogP) is 5.31. The summed E-state index contributed by atoms with van der Waals surface area (Å²) in [4.78, 5) is 13.6. The Morgan fingerprint density at radius 3 is 2.14 bits per heavy atom. The number of hydrogen-bond donors (Lipinski definition) is 1. The second-order valence-corrected chi connectivity index (χ2v) is 9.34. The average Bonchev–Trinajstić information content (AvgIpc) is 2.89. The van der Waals surface area contributed by atoms with E-state index in [9.17, 15) is 14.3 Å². The van der Waals surface area contributed by atoms with Crippen molar-refractivity contribution in [3.05, 3.63) is 107 Å². The Morgan fingerprint density at radius 2 is 1.58 bits per heavy atom. The van der Waals surface area contributed by atoms with Gasteiger partial charge in [-0.05, 0) is 54.1 Å². The summed E-state index contributed by atoms with van der Waals surface area (Å²) in [5.74, 6) is -0.565. The monoisotopic (exact) mass is 491 g/mol. The lowest BCUT2D eigenvalue weighted by atomic mass is 9.89. The van der Waals surface area contributed by atoms with Crippen molar-refractivity contribution < 1.29 is 23.8 Å². The molecule has 0 radical (unpaired) electrons. The molecule has 6 heteroatoms. The highest BCUT2D eigenvalue weighted by Gasteiger charge is 2.32. The lowest BCUT2D eigenvalue weighted by Gasteiger charge is -2.40. The number of aliphatic hydroxyl groups excluding tert-OH is 1. The summed E-state index contributed by atoms with van der Waals surface area (Å²) in [7, 11) is 0. The molecule has 3 aromatic carbocycles. The van der Waals surface area contributed by atoms with Crippen LogP contribution >= 0.6 is 0 Å². The van der Waals surface area contributed by atoms with Crippen LogP contribution in [0.15, 0.2) is 84.9 Å². The zero-order valence-corrected chi connectivity index (χ0v) is 20.6. The summed E-state index contributed by atoms with van der Waals surface area (Å²) in [5.41, 5.74) is 3.07. The number of esters is 1. The number of hydrogen-bond acceptors (Lipinski definition) is 5. The molecule has 1 N–H and O–H groups in total. The van der Waals surface area contributed by atoms with E-state index in [1.54, 1.807) is 12.1 Å². The maximum absolute atomic E-state index is 13.5. The lowest BCUT2D eigenvalue weighted by Crippen LogP contribution is -2.46. The molecular formula is C30H34FNO4. The van der Waals surface area contributed by atoms with Crippen molar-refractivity contribution in [2.24, 2.45) is 5.92 Å². The van der Waals surface area contributed by atoms with Crippen molar-refractivity contribution in [1.82, 2.24) is 4.90 Å². The molecule has 0 bridgehead atoms. The van der Waals surface area contributed by atoms with Gasteiger partial charge in [-0.25, -0.2) is 4.39 Å². The van der Waals surface area contributed by atoms with Crippen LogP contribution in [-0.2, 0) is 14.3 Å². The number of ether oxygens (including phenoxy) is 2. The predicted molar refractivity (Wildman–Crippen MR) is 137 cm³/mol. The van der Waals surface area contributed by atoms with Crippen LogP contribution in [0.1, 0.15) is 48.6 Å². The summed E-state index contributed by atoms with van der Waals surface area (Å²) in [6, 6.07) is 26.4. The first kappa shape index (κ1) is 26.0. The van der Waals surface area contributed by atoms with Gasteiger partial charge in [0.15, 0.2) is 0 Å². The summed E-state index contributed by atoms with van der Waals surface area (Å²) in [5, 5.41) is 11.0. The fourth-order valence-corrected chi connectivity index (χ4v) is 4.90. The number of likely N-dealkylation sites (tertiary alicyclic amines) is 1. The summed E-state index contributed by atoms with van der Waals surface area (Å²) >= 11 is 0. The van der Waals surface area contributed by atoms with Crippen LogP contribution in [0.4, 0.5) is 4.39 Å². The molecule has 3 aromatic rings. The zero-order valence-electron chi connectivity index (χ0n) is 20.6. The second kappa shape index (κ2) is 12.8. The molecule has 1 aliphatic heterocycles. The van der Waals surface area contributed by atoms with E-state index in [1.165, 1.54) is 19.1 Å². The number of carbonyl (C=O) groups is 1. The smallest absolute Gasteiger partial charge is 0.302 e. The summed E-state index contributed by atoms with van der Waals surface area (Å²) in [6.07, 6.45) is 0.853. The van der Waals surface area contributed by atoms with Gasteiger partial charge >= 0.3 is 5.97 Å². The van der Waals surface area contributed by atoms with E-state index < -0.39 is 6.10 Å². The van der Waals surface area contributed by atoms with Crippen molar-refractivity contribution in [1.29, 1.82) is 0 Å². The number of rotatable bonds is 10. The van der Waals surface area contributed by atoms with Crippen molar-refractivity contribution in [3.8, 4) is 0 Å². The van der Waals surface area contributed by atoms with E-state index in [4.69, 9.17) is 9.47 Å². The Labute approximate surface area is 212 Å². The number of aliphatic hydroxyl groups is 1. The Hall–Kier alpha value is -3.06. The Kier molecular flexibility index (Phi) is 9.23. The van der Waals surface area contributed by atoms with Crippen molar-refractivity contribution in [2.45, 2.75) is 38.0 Å². The second-order valence-electron chi connectivity index (χ2n) is 9.34. The third kappa shape index (κ3) is 7.00. The molecule has 0 unspecified atom stereocenters. The van der Waals surface area contributed by atoms with E-state index in [2.05, 4.69) is 29.2 Å². The topological polar surface area (TPSA) is 59.0 Å². The first-order valence-electron chi connectivity index (χ1n) is 12.5. The molecule has 0 spiro atoms. The molecule has 0 aliphatic carbocycles. The Balaban J connectivity index is 1.36. The molecule has 3 atom stereocenters.